The molecule has 21 heavy (non-hydrogen) atoms. The molecule has 0 spiro atoms. The maximum atomic E-state index is 13.2. The van der Waals surface area contributed by atoms with Crippen LogP contribution in [0.15, 0.2) is 22.7 Å². The highest BCUT2D eigenvalue weighted by Gasteiger charge is 2.34. The van der Waals surface area contributed by atoms with Gasteiger partial charge < -0.3 is 10.2 Å². The van der Waals surface area contributed by atoms with Crippen LogP contribution in [0.4, 0.5) is 4.39 Å². The third-order valence-corrected chi connectivity index (χ3v) is 5.10. The van der Waals surface area contributed by atoms with Crippen molar-refractivity contribution < 1.29 is 9.18 Å². The number of likely N-dealkylation sites (tertiary alicyclic amines) is 1. The van der Waals surface area contributed by atoms with E-state index in [-0.39, 0.29) is 5.82 Å². The zero-order valence-electron chi connectivity index (χ0n) is 11.9. The standard InChI is InChI=1S/C16H20BrFN2O/c17-15-4-3-13(18)9-12(15)10-19-14-5-7-20(8-6-14)16(21)11-1-2-11/h3-4,9,11,14,19H,1-2,5-8,10H2. The van der Waals surface area contributed by atoms with E-state index < -0.39 is 0 Å². The van der Waals surface area contributed by atoms with Crippen LogP contribution >= 0.6 is 15.9 Å². The van der Waals surface area contributed by atoms with E-state index >= 15 is 0 Å². The van der Waals surface area contributed by atoms with E-state index in [0.29, 0.717) is 24.4 Å². The molecule has 3 rings (SSSR count). The fourth-order valence-electron chi connectivity index (χ4n) is 2.83. The van der Waals surface area contributed by atoms with Crippen molar-refractivity contribution in [3.05, 3.63) is 34.1 Å². The average Bonchev–Trinajstić information content (AvgIpc) is 3.33. The molecule has 0 bridgehead atoms. The van der Waals surface area contributed by atoms with Crippen molar-refractivity contribution in [3.63, 3.8) is 0 Å². The molecule has 0 atom stereocenters. The monoisotopic (exact) mass is 354 g/mol. The summed E-state index contributed by atoms with van der Waals surface area (Å²) in [5, 5.41) is 3.48. The van der Waals surface area contributed by atoms with E-state index in [0.717, 1.165) is 48.8 Å². The Bertz CT molecular complexity index is 525. The minimum absolute atomic E-state index is 0.208. The number of hydrogen-bond donors (Lipinski definition) is 1. The summed E-state index contributed by atoms with van der Waals surface area (Å²) in [6.07, 6.45) is 4.10. The second-order valence-corrected chi connectivity index (χ2v) is 6.84. The quantitative estimate of drug-likeness (QED) is 0.900. The Balaban J connectivity index is 1.47. The van der Waals surface area contributed by atoms with E-state index in [4.69, 9.17) is 0 Å². The molecule has 1 saturated carbocycles. The van der Waals surface area contributed by atoms with Crippen LogP contribution in [0.25, 0.3) is 0 Å². The van der Waals surface area contributed by atoms with Gasteiger partial charge in [-0.2, -0.15) is 0 Å². The lowest BCUT2D eigenvalue weighted by Gasteiger charge is -2.32. The van der Waals surface area contributed by atoms with Crippen LogP contribution < -0.4 is 5.32 Å². The SMILES string of the molecule is O=C(C1CC1)N1CCC(NCc2cc(F)ccc2Br)CC1. The number of hydrogen-bond acceptors (Lipinski definition) is 2. The van der Waals surface area contributed by atoms with E-state index in [1.54, 1.807) is 12.1 Å². The van der Waals surface area contributed by atoms with Crippen LogP contribution in [-0.4, -0.2) is 29.9 Å². The summed E-state index contributed by atoms with van der Waals surface area (Å²) in [5.41, 5.74) is 0.937. The normalized spacial score (nSPS) is 19.8. The molecule has 0 radical (unpaired) electrons. The first-order valence-corrected chi connectivity index (χ1v) is 8.39. The number of piperidine rings is 1. The first-order valence-electron chi connectivity index (χ1n) is 7.59. The number of carbonyl (C=O) groups excluding carboxylic acids is 1. The molecule has 1 aliphatic heterocycles. The molecule has 1 N–H and O–H groups in total. The topological polar surface area (TPSA) is 32.3 Å². The summed E-state index contributed by atoms with van der Waals surface area (Å²) in [6.45, 7) is 2.34. The van der Waals surface area contributed by atoms with Crippen molar-refractivity contribution in [1.82, 2.24) is 10.2 Å². The minimum atomic E-state index is -0.208. The van der Waals surface area contributed by atoms with E-state index in [1.807, 2.05) is 4.90 Å². The Morgan fingerprint density at radius 2 is 2.00 bits per heavy atom. The third kappa shape index (κ3) is 3.83. The number of nitrogens with zero attached hydrogens (tertiary/aromatic N) is 1. The molecule has 114 valence electrons. The van der Waals surface area contributed by atoms with Gasteiger partial charge in [0.2, 0.25) is 5.91 Å². The summed E-state index contributed by atoms with van der Waals surface area (Å²) in [5.74, 6) is 0.457. The molecular weight excluding hydrogens is 335 g/mol. The van der Waals surface area contributed by atoms with Crippen LogP contribution in [0.5, 0.6) is 0 Å². The van der Waals surface area contributed by atoms with Crippen LogP contribution in [0, 0.1) is 11.7 Å². The van der Waals surface area contributed by atoms with Crippen molar-refractivity contribution in [3.8, 4) is 0 Å². The smallest absolute Gasteiger partial charge is 0.225 e. The molecule has 1 heterocycles. The van der Waals surface area contributed by atoms with Gasteiger partial charge in [0.05, 0.1) is 0 Å². The van der Waals surface area contributed by atoms with Gasteiger partial charge in [0, 0.05) is 36.1 Å². The largest absolute Gasteiger partial charge is 0.342 e. The van der Waals surface area contributed by atoms with Gasteiger partial charge in [-0.15, -0.1) is 0 Å². The molecule has 0 unspecified atom stereocenters. The van der Waals surface area contributed by atoms with Crippen LogP contribution in [0.3, 0.4) is 0 Å². The molecule has 1 aliphatic carbocycles. The van der Waals surface area contributed by atoms with Gasteiger partial charge in [0.1, 0.15) is 5.82 Å². The number of benzene rings is 1. The fourth-order valence-corrected chi connectivity index (χ4v) is 3.21. The van der Waals surface area contributed by atoms with E-state index in [2.05, 4.69) is 21.2 Å². The highest BCUT2D eigenvalue weighted by atomic mass is 79.9. The van der Waals surface area contributed by atoms with Crippen LogP contribution in [-0.2, 0) is 11.3 Å². The summed E-state index contributed by atoms with van der Waals surface area (Å²) in [7, 11) is 0. The second-order valence-electron chi connectivity index (χ2n) is 5.99. The molecule has 1 aromatic rings. The van der Waals surface area contributed by atoms with Crippen molar-refractivity contribution >= 4 is 21.8 Å². The van der Waals surface area contributed by atoms with Crippen molar-refractivity contribution in [2.45, 2.75) is 38.3 Å². The average molecular weight is 355 g/mol. The first-order chi connectivity index (χ1) is 10.1. The van der Waals surface area contributed by atoms with E-state index in [1.165, 1.54) is 6.07 Å². The van der Waals surface area contributed by atoms with Gasteiger partial charge in [0.25, 0.3) is 0 Å². The molecule has 1 saturated heterocycles. The highest BCUT2D eigenvalue weighted by molar-refractivity contribution is 9.10. The Labute approximate surface area is 133 Å². The summed E-state index contributed by atoms with van der Waals surface area (Å²) in [4.78, 5) is 14.0. The number of nitrogens with one attached hydrogen (secondary N) is 1. The van der Waals surface area contributed by atoms with Crippen LogP contribution in [0.2, 0.25) is 0 Å². The fraction of sp³-hybridized carbons (Fsp3) is 0.562. The number of halogens is 2. The lowest BCUT2D eigenvalue weighted by Crippen LogP contribution is -2.45. The zero-order chi connectivity index (χ0) is 14.8. The molecule has 1 aromatic carbocycles. The Kier molecular flexibility index (Phi) is 4.60. The maximum Gasteiger partial charge on any atom is 0.225 e. The van der Waals surface area contributed by atoms with Gasteiger partial charge in [-0.05, 0) is 49.4 Å². The van der Waals surface area contributed by atoms with Crippen LogP contribution in [0.1, 0.15) is 31.2 Å². The molecule has 0 aromatic heterocycles. The van der Waals surface area contributed by atoms with Crippen molar-refractivity contribution in [1.29, 1.82) is 0 Å². The summed E-state index contributed by atoms with van der Waals surface area (Å²) in [6, 6.07) is 5.16. The van der Waals surface area contributed by atoms with Gasteiger partial charge in [-0.1, -0.05) is 15.9 Å². The molecule has 2 aliphatic rings. The Morgan fingerprint density at radius 3 is 2.67 bits per heavy atom. The van der Waals surface area contributed by atoms with Gasteiger partial charge in [0.15, 0.2) is 0 Å². The lowest BCUT2D eigenvalue weighted by atomic mass is 10.0. The third-order valence-electron chi connectivity index (χ3n) is 4.32. The molecular formula is C16H20BrFN2O. The predicted molar refractivity (Wildman–Crippen MR) is 83.3 cm³/mol. The first kappa shape index (κ1) is 15.0. The van der Waals surface area contributed by atoms with Gasteiger partial charge >= 0.3 is 0 Å². The lowest BCUT2D eigenvalue weighted by molar-refractivity contribution is -0.133. The highest BCUT2D eigenvalue weighted by Crippen LogP contribution is 2.32. The van der Waals surface area contributed by atoms with Crippen molar-refractivity contribution in [2.75, 3.05) is 13.1 Å². The molecule has 3 nitrogen and oxygen atoms in total. The second kappa shape index (κ2) is 6.44. The number of carbonyl (C=O) groups is 1. The molecule has 5 heteroatoms. The number of rotatable bonds is 4. The predicted octanol–water partition coefficient (Wildman–Crippen LogP) is 3.08. The Morgan fingerprint density at radius 1 is 1.29 bits per heavy atom. The van der Waals surface area contributed by atoms with E-state index in [9.17, 15) is 9.18 Å². The number of amides is 1. The minimum Gasteiger partial charge on any atom is -0.342 e. The zero-order valence-corrected chi connectivity index (χ0v) is 13.5. The maximum absolute atomic E-state index is 13.2. The van der Waals surface area contributed by atoms with Crippen molar-refractivity contribution in [2.24, 2.45) is 5.92 Å². The summed E-state index contributed by atoms with van der Waals surface area (Å²) >= 11 is 3.45. The Hall–Kier alpha value is -0.940. The summed E-state index contributed by atoms with van der Waals surface area (Å²) < 4.78 is 14.2. The molecule has 2 fully saturated rings. The van der Waals surface area contributed by atoms with Gasteiger partial charge in [-0.3, -0.25) is 4.79 Å². The van der Waals surface area contributed by atoms with Gasteiger partial charge in [-0.25, -0.2) is 4.39 Å². The molecule has 1 amide bonds.